The van der Waals surface area contributed by atoms with E-state index in [4.69, 9.17) is 0 Å². The molecule has 0 aromatic carbocycles. The van der Waals surface area contributed by atoms with Crippen LogP contribution in [0.25, 0.3) is 0 Å². The Morgan fingerprint density at radius 1 is 1.39 bits per heavy atom. The largest absolute Gasteiger partial charge is 0.469 e. The fraction of sp³-hybridized carbons (Fsp3) is 0.462. The van der Waals surface area contributed by atoms with Gasteiger partial charge in [-0.1, -0.05) is 0 Å². The summed E-state index contributed by atoms with van der Waals surface area (Å²) < 4.78 is 47.8. The Kier molecular flexibility index (Phi) is 4.46. The molecule has 1 N–H and O–H groups in total. The number of aliphatic hydroxyl groups is 1. The van der Waals surface area contributed by atoms with E-state index in [0.29, 0.717) is 0 Å². The van der Waals surface area contributed by atoms with Crippen LogP contribution < -0.4 is 0 Å². The molecule has 0 aliphatic carbocycles. The molecule has 0 saturated carbocycles. The van der Waals surface area contributed by atoms with Gasteiger partial charge >= 0.3 is 12.1 Å². The Hall–Kier alpha value is -2.36. The van der Waals surface area contributed by atoms with Crippen LogP contribution in [-0.4, -0.2) is 43.5 Å². The quantitative estimate of drug-likeness (QED) is 0.821. The molecule has 2 aromatic heterocycles. The normalized spacial score (nSPS) is 15.9. The first-order chi connectivity index (χ1) is 10.7. The number of aromatic nitrogens is 4. The van der Waals surface area contributed by atoms with E-state index in [1.54, 1.807) is 0 Å². The molecule has 2 heterocycles. The van der Waals surface area contributed by atoms with Crippen LogP contribution in [0, 0.1) is 5.92 Å². The highest BCUT2D eigenvalue weighted by atomic mass is 19.4. The van der Waals surface area contributed by atoms with Crippen molar-refractivity contribution in [2.24, 2.45) is 13.0 Å². The van der Waals surface area contributed by atoms with Gasteiger partial charge in [-0.25, -0.2) is 9.97 Å². The van der Waals surface area contributed by atoms with Gasteiger partial charge in [-0.3, -0.25) is 4.79 Å². The van der Waals surface area contributed by atoms with Crippen LogP contribution in [0.5, 0.6) is 0 Å². The van der Waals surface area contributed by atoms with Gasteiger partial charge in [-0.05, 0) is 0 Å². The number of aryl methyl sites for hydroxylation is 1. The van der Waals surface area contributed by atoms with Gasteiger partial charge in [0.25, 0.3) is 0 Å². The Balaban J connectivity index is 2.57. The number of imidazole rings is 2. The third-order valence-electron chi connectivity index (χ3n) is 3.54. The average Bonchev–Trinajstić information content (AvgIpc) is 3.13. The van der Waals surface area contributed by atoms with Gasteiger partial charge in [0, 0.05) is 38.4 Å². The van der Waals surface area contributed by atoms with Gasteiger partial charge in [-0.15, -0.1) is 0 Å². The lowest BCUT2D eigenvalue weighted by Gasteiger charge is -2.35. The van der Waals surface area contributed by atoms with Crippen LogP contribution in [0.4, 0.5) is 13.2 Å². The van der Waals surface area contributed by atoms with Crippen molar-refractivity contribution in [2.75, 3.05) is 7.11 Å². The van der Waals surface area contributed by atoms with Crippen molar-refractivity contribution < 1.29 is 27.8 Å². The SMILES string of the molecule is COC(=O)C(Cn1ccnc1)C(O)(c1nccn1C)C(F)(F)F. The van der Waals surface area contributed by atoms with E-state index in [2.05, 4.69) is 14.7 Å². The van der Waals surface area contributed by atoms with Gasteiger partial charge < -0.3 is 19.0 Å². The topological polar surface area (TPSA) is 82.2 Å². The summed E-state index contributed by atoms with van der Waals surface area (Å²) in [4.78, 5) is 19.3. The summed E-state index contributed by atoms with van der Waals surface area (Å²) in [5, 5.41) is 10.5. The molecule has 0 aliphatic heterocycles. The Morgan fingerprint density at radius 2 is 2.09 bits per heavy atom. The summed E-state index contributed by atoms with van der Waals surface area (Å²) in [5.41, 5.74) is -3.51. The number of alkyl halides is 3. The number of halogens is 3. The van der Waals surface area contributed by atoms with Crippen LogP contribution in [0.1, 0.15) is 5.82 Å². The Bertz CT molecular complexity index is 668. The molecule has 2 atom stereocenters. The van der Waals surface area contributed by atoms with Crippen LogP contribution in [0.2, 0.25) is 0 Å². The van der Waals surface area contributed by atoms with Gasteiger partial charge in [0.2, 0.25) is 5.60 Å². The zero-order chi connectivity index (χ0) is 17.3. The molecule has 0 bridgehead atoms. The highest BCUT2D eigenvalue weighted by molar-refractivity contribution is 5.74. The van der Waals surface area contributed by atoms with Crippen molar-refractivity contribution in [3.05, 3.63) is 36.9 Å². The van der Waals surface area contributed by atoms with E-state index in [1.807, 2.05) is 0 Å². The molecule has 2 aromatic rings. The van der Waals surface area contributed by atoms with Crippen molar-refractivity contribution in [2.45, 2.75) is 18.3 Å². The maximum absolute atomic E-state index is 13.7. The number of carbonyl (C=O) groups is 1. The van der Waals surface area contributed by atoms with E-state index in [0.717, 1.165) is 17.9 Å². The van der Waals surface area contributed by atoms with Gasteiger partial charge in [0.05, 0.1) is 13.4 Å². The maximum atomic E-state index is 13.7. The minimum Gasteiger partial charge on any atom is -0.469 e. The number of hydrogen-bond donors (Lipinski definition) is 1. The van der Waals surface area contributed by atoms with Crippen LogP contribution in [0.3, 0.4) is 0 Å². The first-order valence-corrected chi connectivity index (χ1v) is 6.52. The molecule has 0 radical (unpaired) electrons. The van der Waals surface area contributed by atoms with Crippen molar-refractivity contribution in [1.82, 2.24) is 19.1 Å². The smallest absolute Gasteiger partial charge is 0.425 e. The molecule has 10 heteroatoms. The molecule has 0 spiro atoms. The zero-order valence-electron chi connectivity index (χ0n) is 12.4. The molecule has 2 unspecified atom stereocenters. The predicted molar refractivity (Wildman–Crippen MR) is 70.9 cm³/mol. The molecule has 23 heavy (non-hydrogen) atoms. The van der Waals surface area contributed by atoms with E-state index in [1.165, 1.54) is 36.5 Å². The van der Waals surface area contributed by atoms with Crippen LogP contribution >= 0.6 is 0 Å². The number of esters is 1. The molecule has 126 valence electrons. The molecule has 2 rings (SSSR count). The number of carbonyl (C=O) groups excluding carboxylic acids is 1. The minimum absolute atomic E-state index is 0.477. The highest BCUT2D eigenvalue weighted by Gasteiger charge is 2.64. The van der Waals surface area contributed by atoms with Crippen molar-refractivity contribution in [3.8, 4) is 0 Å². The van der Waals surface area contributed by atoms with Crippen LogP contribution in [-0.2, 0) is 28.7 Å². The van der Waals surface area contributed by atoms with Crippen molar-refractivity contribution in [1.29, 1.82) is 0 Å². The standard InChI is InChI=1S/C13H15F3N4O3/c1-19-5-4-18-11(19)12(22,13(14,15)16)9(10(21)23-2)7-20-6-3-17-8-20/h3-6,8-9,22H,7H2,1-2H3. The number of nitrogens with zero attached hydrogens (tertiary/aromatic N) is 4. The number of rotatable bonds is 5. The van der Waals surface area contributed by atoms with Gasteiger partial charge in [0.1, 0.15) is 5.92 Å². The first-order valence-electron chi connectivity index (χ1n) is 6.52. The van der Waals surface area contributed by atoms with Crippen molar-refractivity contribution in [3.63, 3.8) is 0 Å². The summed E-state index contributed by atoms with van der Waals surface area (Å²) in [5.74, 6) is -3.86. The second kappa shape index (κ2) is 6.03. The summed E-state index contributed by atoms with van der Waals surface area (Å²) in [7, 11) is 2.25. The van der Waals surface area contributed by atoms with Gasteiger partial charge in [-0.2, -0.15) is 13.2 Å². The average molecular weight is 332 g/mol. The van der Waals surface area contributed by atoms with E-state index >= 15 is 0 Å². The maximum Gasteiger partial charge on any atom is 0.425 e. The van der Waals surface area contributed by atoms with Crippen LogP contribution in [0.15, 0.2) is 31.1 Å². The monoisotopic (exact) mass is 332 g/mol. The number of methoxy groups -OCH3 is 1. The highest BCUT2D eigenvalue weighted by Crippen LogP contribution is 2.44. The molecule has 0 amide bonds. The molecular weight excluding hydrogens is 317 g/mol. The Morgan fingerprint density at radius 3 is 2.52 bits per heavy atom. The van der Waals surface area contributed by atoms with E-state index in [9.17, 15) is 23.1 Å². The lowest BCUT2D eigenvalue weighted by atomic mass is 9.85. The fourth-order valence-electron chi connectivity index (χ4n) is 2.34. The zero-order valence-corrected chi connectivity index (χ0v) is 12.4. The molecule has 0 saturated heterocycles. The molecule has 0 fully saturated rings. The summed E-state index contributed by atoms with van der Waals surface area (Å²) >= 11 is 0. The predicted octanol–water partition coefficient (Wildman–Crippen LogP) is 0.856. The summed E-state index contributed by atoms with van der Waals surface area (Å²) in [6.07, 6.45) is 1.18. The summed E-state index contributed by atoms with van der Waals surface area (Å²) in [6, 6.07) is 0. The molecular formula is C13H15F3N4O3. The molecule has 7 nitrogen and oxygen atoms in total. The summed E-state index contributed by atoms with van der Waals surface area (Å²) in [6.45, 7) is -0.477. The minimum atomic E-state index is -5.15. The molecule has 0 aliphatic rings. The van der Waals surface area contributed by atoms with Gasteiger partial charge in [0.15, 0.2) is 5.82 Å². The second-order valence-corrected chi connectivity index (χ2v) is 4.96. The lowest BCUT2D eigenvalue weighted by molar-refractivity contribution is -0.291. The third kappa shape index (κ3) is 2.93. The number of hydrogen-bond acceptors (Lipinski definition) is 5. The lowest BCUT2D eigenvalue weighted by Crippen LogP contribution is -2.54. The fourth-order valence-corrected chi connectivity index (χ4v) is 2.34. The second-order valence-electron chi connectivity index (χ2n) is 4.96. The Labute approximate surface area is 129 Å². The third-order valence-corrected chi connectivity index (χ3v) is 3.54. The van der Waals surface area contributed by atoms with Crippen molar-refractivity contribution >= 4 is 5.97 Å². The first kappa shape index (κ1) is 17.0. The van der Waals surface area contributed by atoms with E-state index in [-0.39, 0.29) is 0 Å². The van der Waals surface area contributed by atoms with E-state index < -0.39 is 36.0 Å². The number of ether oxygens (including phenoxy) is 1.